The van der Waals surface area contributed by atoms with E-state index in [-0.39, 0.29) is 24.7 Å². The molecular weight excluding hydrogens is 184 g/mol. The molecule has 0 bridgehead atoms. The molecule has 14 heavy (non-hydrogen) atoms. The Hall–Kier alpha value is -1.06. The largest absolute Gasteiger partial charge is 0.481 e. The lowest BCUT2D eigenvalue weighted by molar-refractivity contribution is -0.146. The van der Waals surface area contributed by atoms with Gasteiger partial charge in [-0.05, 0) is 11.8 Å². The fourth-order valence-corrected chi connectivity index (χ4v) is 0.973. The van der Waals surface area contributed by atoms with Crippen LogP contribution in [0.15, 0.2) is 0 Å². The lowest BCUT2D eigenvalue weighted by Crippen LogP contribution is -2.14. The maximum absolute atomic E-state index is 11.1. The summed E-state index contributed by atoms with van der Waals surface area (Å²) >= 11 is 0. The molecule has 0 spiro atoms. The quantitative estimate of drug-likeness (QED) is 0.666. The third-order valence-corrected chi connectivity index (χ3v) is 1.62. The minimum atomic E-state index is -0.880. The molecule has 4 heteroatoms. The summed E-state index contributed by atoms with van der Waals surface area (Å²) in [6.45, 7) is 6.03. The number of aliphatic carboxylic acids is 1. The second-order valence-corrected chi connectivity index (χ2v) is 3.98. The average molecular weight is 202 g/mol. The first kappa shape index (κ1) is 12.9. The number of carboxylic acids is 1. The lowest BCUT2D eigenvalue weighted by Gasteiger charge is -2.10. The molecule has 0 heterocycles. The number of hydrogen-bond acceptors (Lipinski definition) is 3. The molecule has 1 N–H and O–H groups in total. The van der Waals surface area contributed by atoms with Gasteiger partial charge in [0.25, 0.3) is 0 Å². The Bertz CT molecular complexity index is 198. The van der Waals surface area contributed by atoms with Crippen LogP contribution in [0.4, 0.5) is 0 Å². The second-order valence-electron chi connectivity index (χ2n) is 3.98. The Balaban J connectivity index is 3.66. The molecule has 0 unspecified atom stereocenters. The van der Waals surface area contributed by atoms with E-state index < -0.39 is 5.97 Å². The summed E-state index contributed by atoms with van der Waals surface area (Å²) in [6.07, 6.45) is 0.190. The molecule has 0 aromatic heterocycles. The monoisotopic (exact) mass is 202 g/mol. The molecule has 0 aliphatic carbocycles. The van der Waals surface area contributed by atoms with Gasteiger partial charge in [0.1, 0.15) is 0 Å². The second kappa shape index (κ2) is 6.40. The van der Waals surface area contributed by atoms with Crippen molar-refractivity contribution in [3.63, 3.8) is 0 Å². The topological polar surface area (TPSA) is 63.6 Å². The molecular formula is C10H18O4. The maximum atomic E-state index is 11.1. The normalized spacial score (nSPS) is 12.6. The van der Waals surface area contributed by atoms with Crippen LogP contribution in [0.5, 0.6) is 0 Å². The third-order valence-electron chi connectivity index (χ3n) is 1.62. The van der Waals surface area contributed by atoms with Crippen molar-refractivity contribution >= 4 is 11.9 Å². The van der Waals surface area contributed by atoms with Crippen LogP contribution < -0.4 is 0 Å². The zero-order chi connectivity index (χ0) is 11.1. The van der Waals surface area contributed by atoms with Gasteiger partial charge in [0, 0.05) is 12.8 Å². The molecule has 0 aromatic rings. The van der Waals surface area contributed by atoms with E-state index in [0.29, 0.717) is 12.5 Å². The molecule has 0 fully saturated rings. The summed E-state index contributed by atoms with van der Waals surface area (Å²) < 4.78 is 4.92. The van der Waals surface area contributed by atoms with Crippen molar-refractivity contribution in [1.29, 1.82) is 0 Å². The fourth-order valence-electron chi connectivity index (χ4n) is 0.973. The number of hydrogen-bond donors (Lipinski definition) is 1. The van der Waals surface area contributed by atoms with Gasteiger partial charge in [0.2, 0.25) is 0 Å². The van der Waals surface area contributed by atoms with E-state index >= 15 is 0 Å². The molecule has 0 aromatic carbocycles. The van der Waals surface area contributed by atoms with Gasteiger partial charge in [-0.3, -0.25) is 9.59 Å². The Kier molecular flexibility index (Phi) is 5.92. The molecule has 0 aliphatic heterocycles. The third kappa shape index (κ3) is 7.58. The van der Waals surface area contributed by atoms with Crippen LogP contribution in [-0.4, -0.2) is 23.7 Å². The van der Waals surface area contributed by atoms with Crippen molar-refractivity contribution in [1.82, 2.24) is 0 Å². The minimum absolute atomic E-state index is 0.0107. The molecule has 0 saturated carbocycles. The first-order valence-electron chi connectivity index (χ1n) is 4.79. The molecule has 1 atom stereocenters. The number of carbonyl (C=O) groups is 2. The minimum Gasteiger partial charge on any atom is -0.481 e. The van der Waals surface area contributed by atoms with Crippen molar-refractivity contribution in [3.05, 3.63) is 0 Å². The molecule has 0 amide bonds. The highest BCUT2D eigenvalue weighted by Gasteiger charge is 2.13. The van der Waals surface area contributed by atoms with Gasteiger partial charge in [-0.25, -0.2) is 0 Å². The Morgan fingerprint density at radius 2 is 1.79 bits per heavy atom. The first-order valence-corrected chi connectivity index (χ1v) is 4.79. The Labute approximate surface area is 84.3 Å². The van der Waals surface area contributed by atoms with Gasteiger partial charge in [-0.1, -0.05) is 20.8 Å². The van der Waals surface area contributed by atoms with E-state index in [1.54, 1.807) is 6.92 Å². The van der Waals surface area contributed by atoms with Crippen molar-refractivity contribution in [2.24, 2.45) is 11.8 Å². The standard InChI is InChI=1S/C10H18O4/c1-7(2)6-14-10(13)5-8(3)4-9(11)12/h7-8H,4-6H2,1-3H3,(H,11,12)/t8-/m1/s1. The van der Waals surface area contributed by atoms with E-state index in [1.165, 1.54) is 0 Å². The number of rotatable bonds is 6. The summed E-state index contributed by atoms with van der Waals surface area (Å²) in [6, 6.07) is 0. The van der Waals surface area contributed by atoms with Crippen molar-refractivity contribution in [2.75, 3.05) is 6.61 Å². The average Bonchev–Trinajstić information content (AvgIpc) is 1.98. The van der Waals surface area contributed by atoms with Crippen molar-refractivity contribution in [2.45, 2.75) is 33.6 Å². The fraction of sp³-hybridized carbons (Fsp3) is 0.800. The summed E-state index contributed by atoms with van der Waals surface area (Å²) in [7, 11) is 0. The van der Waals surface area contributed by atoms with Gasteiger partial charge >= 0.3 is 11.9 Å². The lowest BCUT2D eigenvalue weighted by atomic mass is 10.0. The van der Waals surface area contributed by atoms with Gasteiger partial charge in [0.05, 0.1) is 6.61 Å². The Morgan fingerprint density at radius 3 is 2.21 bits per heavy atom. The van der Waals surface area contributed by atoms with E-state index in [0.717, 1.165) is 0 Å². The highest BCUT2D eigenvalue weighted by atomic mass is 16.5. The number of carboxylic acid groups (broad SMARTS) is 1. The summed E-state index contributed by atoms with van der Waals surface area (Å²) in [4.78, 5) is 21.4. The van der Waals surface area contributed by atoms with Gasteiger partial charge in [0.15, 0.2) is 0 Å². The van der Waals surface area contributed by atoms with E-state index in [4.69, 9.17) is 9.84 Å². The molecule has 82 valence electrons. The zero-order valence-electron chi connectivity index (χ0n) is 8.95. The predicted molar refractivity (Wildman–Crippen MR) is 51.8 cm³/mol. The molecule has 0 rings (SSSR count). The number of ether oxygens (including phenoxy) is 1. The van der Waals surface area contributed by atoms with Gasteiger partial charge in [-0.2, -0.15) is 0 Å². The molecule has 0 radical (unpaired) electrons. The van der Waals surface area contributed by atoms with Crippen molar-refractivity contribution in [3.8, 4) is 0 Å². The zero-order valence-corrected chi connectivity index (χ0v) is 8.95. The van der Waals surface area contributed by atoms with Gasteiger partial charge in [-0.15, -0.1) is 0 Å². The molecule has 0 saturated heterocycles. The highest BCUT2D eigenvalue weighted by molar-refractivity contribution is 5.72. The van der Waals surface area contributed by atoms with Crippen LogP contribution in [0.3, 0.4) is 0 Å². The number of esters is 1. The summed E-state index contributed by atoms with van der Waals surface area (Å²) in [5.74, 6) is -1.04. The Morgan fingerprint density at radius 1 is 1.21 bits per heavy atom. The first-order chi connectivity index (χ1) is 6.41. The molecule has 0 aliphatic rings. The summed E-state index contributed by atoms with van der Waals surface area (Å²) in [5.41, 5.74) is 0. The SMILES string of the molecule is CC(C)COC(=O)C[C@H](C)CC(=O)O. The smallest absolute Gasteiger partial charge is 0.306 e. The van der Waals surface area contributed by atoms with E-state index in [9.17, 15) is 9.59 Å². The van der Waals surface area contributed by atoms with E-state index in [1.807, 2.05) is 13.8 Å². The van der Waals surface area contributed by atoms with Crippen LogP contribution in [0.25, 0.3) is 0 Å². The van der Waals surface area contributed by atoms with Gasteiger partial charge < -0.3 is 9.84 Å². The van der Waals surface area contributed by atoms with Crippen LogP contribution in [-0.2, 0) is 14.3 Å². The van der Waals surface area contributed by atoms with E-state index in [2.05, 4.69) is 0 Å². The maximum Gasteiger partial charge on any atom is 0.306 e. The summed E-state index contributed by atoms with van der Waals surface area (Å²) in [5, 5.41) is 8.46. The van der Waals surface area contributed by atoms with Crippen LogP contribution in [0, 0.1) is 11.8 Å². The number of carbonyl (C=O) groups excluding carboxylic acids is 1. The predicted octanol–water partition coefficient (Wildman–Crippen LogP) is 1.69. The van der Waals surface area contributed by atoms with Crippen LogP contribution in [0.1, 0.15) is 33.6 Å². The molecule has 4 nitrogen and oxygen atoms in total. The van der Waals surface area contributed by atoms with Crippen LogP contribution in [0.2, 0.25) is 0 Å². The van der Waals surface area contributed by atoms with Crippen LogP contribution >= 0.6 is 0 Å². The highest BCUT2D eigenvalue weighted by Crippen LogP contribution is 2.08. The van der Waals surface area contributed by atoms with Crippen molar-refractivity contribution < 1.29 is 19.4 Å².